The number of para-hydroxylation sites is 1. The predicted molar refractivity (Wildman–Crippen MR) is 165 cm³/mol. The number of piperidine rings is 1. The molecule has 5 rings (SSSR count). The van der Waals surface area contributed by atoms with Gasteiger partial charge in [-0.25, -0.2) is 4.79 Å². The standard InChI is InChI=1S/C33H39N5O4/c1-37(32(40)25-10-7-11-27(22-25)35-31(39)23-34-26-14-15-26)20-21-38-18-16-28(17-19-38)42-33(41)36-30-13-6-5-12-29(30)24-8-3-2-4-9-24/h2-13,22,26,28,34H,14-21,23H2,1H3,(H,35,39)(H,36,41). The van der Waals surface area contributed by atoms with Gasteiger partial charge in [0.2, 0.25) is 5.91 Å². The van der Waals surface area contributed by atoms with Crippen molar-refractivity contribution >= 4 is 29.3 Å². The van der Waals surface area contributed by atoms with Gasteiger partial charge in [-0.15, -0.1) is 0 Å². The number of ether oxygens (including phenoxy) is 1. The zero-order chi connectivity index (χ0) is 29.3. The number of rotatable bonds is 11. The molecule has 3 amide bonds. The number of anilines is 2. The van der Waals surface area contributed by atoms with E-state index < -0.39 is 6.09 Å². The maximum absolute atomic E-state index is 13.0. The van der Waals surface area contributed by atoms with Crippen molar-refractivity contribution in [3.63, 3.8) is 0 Å². The molecule has 1 saturated heterocycles. The van der Waals surface area contributed by atoms with Gasteiger partial charge in [0.05, 0.1) is 12.2 Å². The largest absolute Gasteiger partial charge is 0.446 e. The summed E-state index contributed by atoms with van der Waals surface area (Å²) in [6.07, 6.45) is 3.13. The Balaban J connectivity index is 1.03. The van der Waals surface area contributed by atoms with Gasteiger partial charge in [-0.3, -0.25) is 14.9 Å². The molecule has 0 bridgehead atoms. The molecule has 2 aliphatic rings. The number of likely N-dealkylation sites (tertiary alicyclic amines) is 1. The molecular formula is C33H39N5O4. The summed E-state index contributed by atoms with van der Waals surface area (Å²) >= 11 is 0. The van der Waals surface area contributed by atoms with Gasteiger partial charge in [0.15, 0.2) is 0 Å². The van der Waals surface area contributed by atoms with Gasteiger partial charge in [0.25, 0.3) is 5.91 Å². The van der Waals surface area contributed by atoms with Crippen molar-refractivity contribution in [1.82, 2.24) is 15.1 Å². The van der Waals surface area contributed by atoms with Crippen LogP contribution in [0.1, 0.15) is 36.0 Å². The van der Waals surface area contributed by atoms with E-state index in [0.717, 1.165) is 62.1 Å². The first kappa shape index (κ1) is 29.3. The normalized spacial score (nSPS) is 15.5. The summed E-state index contributed by atoms with van der Waals surface area (Å²) in [5.74, 6) is -0.199. The van der Waals surface area contributed by atoms with E-state index >= 15 is 0 Å². The molecule has 3 N–H and O–H groups in total. The molecule has 0 aromatic heterocycles. The quantitative estimate of drug-likeness (QED) is 0.306. The Bertz CT molecular complexity index is 1370. The van der Waals surface area contributed by atoms with Gasteiger partial charge in [-0.1, -0.05) is 54.6 Å². The van der Waals surface area contributed by atoms with Crippen LogP contribution in [0.3, 0.4) is 0 Å². The second-order valence-electron chi connectivity index (χ2n) is 11.0. The highest BCUT2D eigenvalue weighted by Gasteiger charge is 2.24. The molecule has 0 radical (unpaired) electrons. The summed E-state index contributed by atoms with van der Waals surface area (Å²) in [6.45, 7) is 3.16. The van der Waals surface area contributed by atoms with E-state index in [0.29, 0.717) is 23.8 Å². The number of nitrogens with zero attached hydrogens (tertiary/aromatic N) is 2. The van der Waals surface area contributed by atoms with Gasteiger partial charge >= 0.3 is 6.09 Å². The molecule has 1 heterocycles. The topological polar surface area (TPSA) is 103 Å². The van der Waals surface area contributed by atoms with Crippen LogP contribution in [0.25, 0.3) is 11.1 Å². The molecule has 42 heavy (non-hydrogen) atoms. The van der Waals surface area contributed by atoms with Crippen molar-refractivity contribution in [2.45, 2.75) is 37.8 Å². The molecule has 9 nitrogen and oxygen atoms in total. The third-order valence-electron chi connectivity index (χ3n) is 7.68. The summed E-state index contributed by atoms with van der Waals surface area (Å²) in [4.78, 5) is 41.9. The SMILES string of the molecule is CN(CCN1CCC(OC(=O)Nc2ccccc2-c2ccccc2)CC1)C(=O)c1cccc(NC(=O)CNC2CC2)c1. The highest BCUT2D eigenvalue weighted by atomic mass is 16.6. The Morgan fingerprint density at radius 1 is 0.881 bits per heavy atom. The smallest absolute Gasteiger partial charge is 0.411 e. The van der Waals surface area contributed by atoms with Crippen LogP contribution in [0.2, 0.25) is 0 Å². The zero-order valence-electron chi connectivity index (χ0n) is 24.1. The summed E-state index contributed by atoms with van der Waals surface area (Å²) in [7, 11) is 1.79. The molecule has 1 aliphatic heterocycles. The number of hydrogen-bond donors (Lipinski definition) is 3. The molecule has 0 atom stereocenters. The van der Waals surface area contributed by atoms with Gasteiger partial charge in [0.1, 0.15) is 6.10 Å². The molecule has 1 saturated carbocycles. The van der Waals surface area contributed by atoms with Gasteiger partial charge in [-0.05, 0) is 55.5 Å². The molecular weight excluding hydrogens is 530 g/mol. The Morgan fingerprint density at radius 2 is 1.62 bits per heavy atom. The first-order valence-corrected chi connectivity index (χ1v) is 14.7. The predicted octanol–water partition coefficient (Wildman–Crippen LogP) is 4.83. The molecule has 220 valence electrons. The Kier molecular flexibility index (Phi) is 9.84. The van der Waals surface area contributed by atoms with Crippen LogP contribution in [0.15, 0.2) is 78.9 Å². The Morgan fingerprint density at radius 3 is 2.38 bits per heavy atom. The maximum atomic E-state index is 13.0. The fraction of sp³-hybridized carbons (Fsp3) is 0.364. The molecule has 0 unspecified atom stereocenters. The Labute approximate surface area is 247 Å². The first-order valence-electron chi connectivity index (χ1n) is 14.7. The lowest BCUT2D eigenvalue weighted by molar-refractivity contribution is -0.115. The first-order chi connectivity index (χ1) is 20.4. The van der Waals surface area contributed by atoms with E-state index in [9.17, 15) is 14.4 Å². The molecule has 3 aromatic rings. The molecule has 2 fully saturated rings. The second kappa shape index (κ2) is 14.1. The average Bonchev–Trinajstić information content (AvgIpc) is 3.85. The highest BCUT2D eigenvalue weighted by molar-refractivity contribution is 5.97. The molecule has 9 heteroatoms. The third kappa shape index (κ3) is 8.41. The zero-order valence-corrected chi connectivity index (χ0v) is 24.1. The lowest BCUT2D eigenvalue weighted by Gasteiger charge is -2.32. The second-order valence-corrected chi connectivity index (χ2v) is 11.0. The van der Waals surface area contributed by atoms with Crippen molar-refractivity contribution < 1.29 is 19.1 Å². The molecule has 1 aliphatic carbocycles. The number of hydrogen-bond acceptors (Lipinski definition) is 6. The van der Waals surface area contributed by atoms with Gasteiger partial charge < -0.3 is 25.2 Å². The van der Waals surface area contributed by atoms with E-state index in [1.165, 1.54) is 0 Å². The average molecular weight is 570 g/mol. The summed E-state index contributed by atoms with van der Waals surface area (Å²) < 4.78 is 5.75. The van der Waals surface area contributed by atoms with Gasteiger partial charge in [0, 0.05) is 56.1 Å². The fourth-order valence-electron chi connectivity index (χ4n) is 5.08. The maximum Gasteiger partial charge on any atom is 0.411 e. The summed E-state index contributed by atoms with van der Waals surface area (Å²) in [5.41, 5.74) is 3.85. The van der Waals surface area contributed by atoms with Crippen molar-refractivity contribution in [1.29, 1.82) is 0 Å². The van der Waals surface area contributed by atoms with Crippen molar-refractivity contribution in [3.05, 3.63) is 84.4 Å². The minimum Gasteiger partial charge on any atom is -0.446 e. The van der Waals surface area contributed by atoms with E-state index in [2.05, 4.69) is 20.9 Å². The van der Waals surface area contributed by atoms with Crippen LogP contribution in [0.5, 0.6) is 0 Å². The van der Waals surface area contributed by atoms with Crippen LogP contribution in [-0.4, -0.2) is 79.6 Å². The van der Waals surface area contributed by atoms with Crippen molar-refractivity contribution in [2.75, 3.05) is 50.4 Å². The highest BCUT2D eigenvalue weighted by Crippen LogP contribution is 2.28. The minimum absolute atomic E-state index is 0.0899. The summed E-state index contributed by atoms with van der Waals surface area (Å²) in [6, 6.07) is 25.2. The van der Waals surface area contributed by atoms with Crippen molar-refractivity contribution in [3.8, 4) is 11.1 Å². The minimum atomic E-state index is -0.445. The van der Waals surface area contributed by atoms with Crippen molar-refractivity contribution in [2.24, 2.45) is 0 Å². The molecule has 3 aromatic carbocycles. The number of amides is 3. The van der Waals surface area contributed by atoms with Gasteiger partial charge in [-0.2, -0.15) is 0 Å². The Hall–Kier alpha value is -4.21. The number of benzene rings is 3. The van der Waals surface area contributed by atoms with E-state index in [1.807, 2.05) is 54.6 Å². The van der Waals surface area contributed by atoms with Crippen LogP contribution >= 0.6 is 0 Å². The fourth-order valence-corrected chi connectivity index (χ4v) is 5.08. The monoisotopic (exact) mass is 569 g/mol. The number of carbonyl (C=O) groups excluding carboxylic acids is 3. The van der Waals surface area contributed by atoms with E-state index in [1.54, 1.807) is 36.2 Å². The van der Waals surface area contributed by atoms with Crippen LogP contribution < -0.4 is 16.0 Å². The van der Waals surface area contributed by atoms with E-state index in [-0.39, 0.29) is 24.5 Å². The number of nitrogens with one attached hydrogen (secondary N) is 3. The summed E-state index contributed by atoms with van der Waals surface area (Å²) in [5, 5.41) is 8.97. The van der Waals surface area contributed by atoms with Crippen LogP contribution in [0.4, 0.5) is 16.2 Å². The number of likely N-dealkylation sites (N-methyl/N-ethyl adjacent to an activating group) is 1. The third-order valence-corrected chi connectivity index (χ3v) is 7.68. The molecule has 0 spiro atoms. The number of carbonyl (C=O) groups is 3. The van der Waals surface area contributed by atoms with Crippen LogP contribution in [-0.2, 0) is 9.53 Å². The lowest BCUT2D eigenvalue weighted by Crippen LogP contribution is -2.42. The lowest BCUT2D eigenvalue weighted by atomic mass is 10.0. The van der Waals surface area contributed by atoms with Crippen LogP contribution in [0, 0.1) is 0 Å². The van der Waals surface area contributed by atoms with E-state index in [4.69, 9.17) is 4.74 Å².